The number of hydrogen-bond acceptors (Lipinski definition) is 4. The zero-order chi connectivity index (χ0) is 15.2. The monoisotopic (exact) mass is 310 g/mol. The van der Waals surface area contributed by atoms with Crippen molar-refractivity contribution in [3.63, 3.8) is 0 Å². The van der Waals surface area contributed by atoms with Gasteiger partial charge in [0.2, 0.25) is 5.91 Å². The Morgan fingerprint density at radius 3 is 2.90 bits per heavy atom. The second-order valence-electron chi connectivity index (χ2n) is 5.04. The molecule has 1 aromatic heterocycles. The lowest BCUT2D eigenvalue weighted by Crippen LogP contribution is -2.43. The van der Waals surface area contributed by atoms with Gasteiger partial charge in [-0.1, -0.05) is 0 Å². The number of carboxylic acid groups (broad SMARTS) is 1. The van der Waals surface area contributed by atoms with Crippen LogP contribution in [-0.2, 0) is 9.59 Å². The SMILES string of the molecule is O=C(NCCC(=O)N1CCCC(C(=O)O)C1)c1ccsc1. The van der Waals surface area contributed by atoms with Gasteiger partial charge in [-0.15, -0.1) is 0 Å². The molecular weight excluding hydrogens is 292 g/mol. The van der Waals surface area contributed by atoms with E-state index in [-0.39, 0.29) is 31.3 Å². The van der Waals surface area contributed by atoms with E-state index in [2.05, 4.69) is 5.32 Å². The largest absolute Gasteiger partial charge is 0.481 e. The van der Waals surface area contributed by atoms with Crippen molar-refractivity contribution in [2.45, 2.75) is 19.3 Å². The van der Waals surface area contributed by atoms with Gasteiger partial charge in [0.25, 0.3) is 5.91 Å². The minimum absolute atomic E-state index is 0.105. The van der Waals surface area contributed by atoms with Crippen LogP contribution in [0.3, 0.4) is 0 Å². The molecular formula is C14H18N2O4S. The predicted octanol–water partition coefficient (Wildman–Crippen LogP) is 1.19. The molecule has 1 saturated heterocycles. The molecule has 2 amide bonds. The maximum absolute atomic E-state index is 12.0. The highest BCUT2D eigenvalue weighted by Crippen LogP contribution is 2.17. The Morgan fingerprint density at radius 1 is 1.43 bits per heavy atom. The molecule has 0 aromatic carbocycles. The fourth-order valence-corrected chi connectivity index (χ4v) is 2.98. The number of aliphatic carboxylic acids is 1. The number of hydrogen-bond donors (Lipinski definition) is 2. The van der Waals surface area contributed by atoms with Crippen molar-refractivity contribution >= 4 is 29.1 Å². The Bertz CT molecular complexity index is 515. The molecule has 6 nitrogen and oxygen atoms in total. The molecule has 2 heterocycles. The molecule has 1 aliphatic heterocycles. The summed E-state index contributed by atoms with van der Waals surface area (Å²) in [4.78, 5) is 36.3. The summed E-state index contributed by atoms with van der Waals surface area (Å²) in [6.07, 6.45) is 1.53. The van der Waals surface area contributed by atoms with Crippen molar-refractivity contribution < 1.29 is 19.5 Å². The van der Waals surface area contributed by atoms with E-state index >= 15 is 0 Å². The molecule has 1 aromatic rings. The van der Waals surface area contributed by atoms with E-state index < -0.39 is 11.9 Å². The zero-order valence-electron chi connectivity index (χ0n) is 11.6. The Balaban J connectivity index is 1.74. The third-order valence-electron chi connectivity index (χ3n) is 3.53. The molecule has 0 saturated carbocycles. The normalized spacial score (nSPS) is 18.3. The highest BCUT2D eigenvalue weighted by molar-refractivity contribution is 7.08. The third-order valence-corrected chi connectivity index (χ3v) is 4.21. The van der Waals surface area contributed by atoms with E-state index in [0.717, 1.165) is 0 Å². The first-order chi connectivity index (χ1) is 10.1. The minimum Gasteiger partial charge on any atom is -0.481 e. The smallest absolute Gasteiger partial charge is 0.308 e. The average molecular weight is 310 g/mol. The van der Waals surface area contributed by atoms with Crippen LogP contribution in [0.4, 0.5) is 0 Å². The van der Waals surface area contributed by atoms with Gasteiger partial charge in [-0.25, -0.2) is 0 Å². The Labute approximate surface area is 126 Å². The highest BCUT2D eigenvalue weighted by atomic mass is 32.1. The fraction of sp³-hybridized carbons (Fsp3) is 0.500. The van der Waals surface area contributed by atoms with Gasteiger partial charge in [-0.2, -0.15) is 11.3 Å². The molecule has 0 aliphatic carbocycles. The van der Waals surface area contributed by atoms with Crippen molar-refractivity contribution in [1.82, 2.24) is 10.2 Å². The van der Waals surface area contributed by atoms with Gasteiger partial charge in [-0.05, 0) is 24.3 Å². The van der Waals surface area contributed by atoms with Crippen molar-refractivity contribution in [1.29, 1.82) is 0 Å². The summed E-state index contributed by atoms with van der Waals surface area (Å²) in [7, 11) is 0. The number of likely N-dealkylation sites (tertiary alicyclic amines) is 1. The van der Waals surface area contributed by atoms with Crippen LogP contribution in [0.2, 0.25) is 0 Å². The highest BCUT2D eigenvalue weighted by Gasteiger charge is 2.27. The van der Waals surface area contributed by atoms with Crippen LogP contribution in [-0.4, -0.2) is 47.4 Å². The molecule has 2 rings (SSSR count). The van der Waals surface area contributed by atoms with Crippen LogP contribution in [0.15, 0.2) is 16.8 Å². The van der Waals surface area contributed by atoms with E-state index in [0.29, 0.717) is 24.9 Å². The van der Waals surface area contributed by atoms with Crippen LogP contribution in [0.5, 0.6) is 0 Å². The number of carbonyl (C=O) groups is 3. The van der Waals surface area contributed by atoms with Gasteiger partial charge in [0.15, 0.2) is 0 Å². The second kappa shape index (κ2) is 7.21. The topological polar surface area (TPSA) is 86.7 Å². The molecule has 1 aliphatic rings. The molecule has 0 spiro atoms. The maximum Gasteiger partial charge on any atom is 0.308 e. The Morgan fingerprint density at radius 2 is 2.24 bits per heavy atom. The summed E-state index contributed by atoms with van der Waals surface area (Å²) in [6.45, 7) is 1.13. The van der Waals surface area contributed by atoms with Crippen molar-refractivity contribution in [2.24, 2.45) is 5.92 Å². The second-order valence-corrected chi connectivity index (χ2v) is 5.82. The van der Waals surface area contributed by atoms with E-state index in [9.17, 15) is 14.4 Å². The first-order valence-electron chi connectivity index (χ1n) is 6.89. The quantitative estimate of drug-likeness (QED) is 0.855. The Hall–Kier alpha value is -1.89. The molecule has 1 atom stereocenters. The number of thiophene rings is 1. The number of nitrogens with zero attached hydrogens (tertiary/aromatic N) is 1. The summed E-state index contributed by atoms with van der Waals surface area (Å²) >= 11 is 1.44. The van der Waals surface area contributed by atoms with Gasteiger partial charge >= 0.3 is 5.97 Å². The summed E-state index contributed by atoms with van der Waals surface area (Å²) in [5, 5.41) is 15.3. The first kappa shape index (κ1) is 15.5. The van der Waals surface area contributed by atoms with E-state index in [1.807, 2.05) is 5.38 Å². The lowest BCUT2D eigenvalue weighted by atomic mass is 9.98. The van der Waals surface area contributed by atoms with Crippen LogP contribution < -0.4 is 5.32 Å². The number of nitrogens with one attached hydrogen (secondary N) is 1. The number of amides is 2. The number of carbonyl (C=O) groups excluding carboxylic acids is 2. The number of piperidine rings is 1. The van der Waals surface area contributed by atoms with Crippen LogP contribution in [0.25, 0.3) is 0 Å². The van der Waals surface area contributed by atoms with Crippen molar-refractivity contribution in [3.8, 4) is 0 Å². The average Bonchev–Trinajstić information content (AvgIpc) is 3.01. The molecule has 1 fully saturated rings. The lowest BCUT2D eigenvalue weighted by Gasteiger charge is -2.30. The molecule has 0 radical (unpaired) electrons. The Kier molecular flexibility index (Phi) is 5.32. The molecule has 21 heavy (non-hydrogen) atoms. The molecule has 0 bridgehead atoms. The molecule has 7 heteroatoms. The molecule has 1 unspecified atom stereocenters. The number of rotatable bonds is 5. The maximum atomic E-state index is 12.0. The van der Waals surface area contributed by atoms with Crippen molar-refractivity contribution in [2.75, 3.05) is 19.6 Å². The van der Waals surface area contributed by atoms with Gasteiger partial charge in [0.05, 0.1) is 5.92 Å². The van der Waals surface area contributed by atoms with Gasteiger partial charge in [0.1, 0.15) is 0 Å². The summed E-state index contributed by atoms with van der Waals surface area (Å²) < 4.78 is 0. The third kappa shape index (κ3) is 4.29. The van der Waals surface area contributed by atoms with E-state index in [1.165, 1.54) is 11.3 Å². The zero-order valence-corrected chi connectivity index (χ0v) is 12.4. The van der Waals surface area contributed by atoms with Gasteiger partial charge in [0, 0.05) is 37.0 Å². The molecule has 2 N–H and O–H groups in total. The first-order valence-corrected chi connectivity index (χ1v) is 7.83. The standard InChI is InChI=1S/C14H18N2O4S/c17-12(16-6-1-2-10(8-16)14(19)20)3-5-15-13(18)11-4-7-21-9-11/h4,7,9-10H,1-3,5-6,8H2,(H,15,18)(H,19,20). The number of carboxylic acids is 1. The lowest BCUT2D eigenvalue weighted by molar-refractivity contribution is -0.145. The van der Waals surface area contributed by atoms with Crippen LogP contribution in [0.1, 0.15) is 29.6 Å². The predicted molar refractivity (Wildman–Crippen MR) is 78.2 cm³/mol. The van der Waals surface area contributed by atoms with Gasteiger partial charge < -0.3 is 15.3 Å². The summed E-state index contributed by atoms with van der Waals surface area (Å²) in [5.41, 5.74) is 0.594. The van der Waals surface area contributed by atoms with E-state index in [4.69, 9.17) is 5.11 Å². The van der Waals surface area contributed by atoms with Gasteiger partial charge in [-0.3, -0.25) is 14.4 Å². The van der Waals surface area contributed by atoms with Crippen LogP contribution in [0, 0.1) is 5.92 Å². The fourth-order valence-electron chi connectivity index (χ4n) is 2.34. The van der Waals surface area contributed by atoms with Crippen LogP contribution >= 0.6 is 11.3 Å². The molecule has 114 valence electrons. The summed E-state index contributed by atoms with van der Waals surface area (Å²) in [6, 6.07) is 1.73. The van der Waals surface area contributed by atoms with Crippen molar-refractivity contribution in [3.05, 3.63) is 22.4 Å². The minimum atomic E-state index is -0.849. The summed E-state index contributed by atoms with van der Waals surface area (Å²) in [5.74, 6) is -1.61. The van der Waals surface area contributed by atoms with E-state index in [1.54, 1.807) is 16.3 Å².